The Labute approximate surface area is 144 Å². The van der Waals surface area contributed by atoms with Crippen LogP contribution in [0.5, 0.6) is 0 Å². The molecule has 1 atom stereocenters. The molecule has 1 unspecified atom stereocenters. The first-order chi connectivity index (χ1) is 9.33. The molecule has 0 spiro atoms. The first-order valence-corrected chi connectivity index (χ1v) is 7.04. The van der Waals surface area contributed by atoms with Gasteiger partial charge in [0.05, 0.1) is 5.69 Å². The molecule has 21 heavy (non-hydrogen) atoms. The molecular formula is C11H12N3NaO5S. The van der Waals surface area contributed by atoms with E-state index in [0.29, 0.717) is 6.54 Å². The molecule has 8 nitrogen and oxygen atoms in total. The van der Waals surface area contributed by atoms with Gasteiger partial charge in [-0.15, -0.1) is 0 Å². The van der Waals surface area contributed by atoms with Gasteiger partial charge < -0.3 is 10.2 Å². The van der Waals surface area contributed by atoms with Gasteiger partial charge in [0, 0.05) is 6.20 Å². The Morgan fingerprint density at radius 3 is 2.52 bits per heavy atom. The molecule has 2 bridgehead atoms. The molecule has 2 aliphatic heterocycles. The van der Waals surface area contributed by atoms with Crippen molar-refractivity contribution in [1.29, 1.82) is 0 Å². The Kier molecular flexibility index (Phi) is 6.32. The van der Waals surface area contributed by atoms with Crippen molar-refractivity contribution in [3.63, 3.8) is 0 Å². The van der Waals surface area contributed by atoms with Crippen molar-refractivity contribution >= 4 is 22.0 Å². The molecule has 1 saturated heterocycles. The number of urea groups is 1. The van der Waals surface area contributed by atoms with Crippen LogP contribution in [0.1, 0.15) is 5.69 Å². The van der Waals surface area contributed by atoms with Crippen LogP contribution in [0.15, 0.2) is 30.5 Å². The molecule has 1 fully saturated rings. The summed E-state index contributed by atoms with van der Waals surface area (Å²) in [5.74, 6) is 0. The fourth-order valence-electron chi connectivity index (χ4n) is 2.00. The number of carbonyl (C=O) groups is 1. The van der Waals surface area contributed by atoms with E-state index in [4.69, 9.17) is 17.5 Å². The minimum atomic E-state index is -4.67. The maximum atomic E-state index is 11.3. The summed E-state index contributed by atoms with van der Waals surface area (Å²) in [5, 5.41) is 4.01. The van der Waals surface area contributed by atoms with Crippen LogP contribution in [0, 0.1) is 0 Å². The molecule has 108 valence electrons. The van der Waals surface area contributed by atoms with E-state index in [1.807, 2.05) is 24.3 Å². The monoisotopic (exact) mass is 321 g/mol. The van der Waals surface area contributed by atoms with Gasteiger partial charge in [-0.2, -0.15) is 8.42 Å². The number of hydrogen-bond acceptors (Lipinski definition) is 4. The van der Waals surface area contributed by atoms with Gasteiger partial charge in [-0.05, 0) is 36.8 Å². The van der Waals surface area contributed by atoms with Crippen molar-refractivity contribution in [2.75, 3.05) is 13.1 Å². The van der Waals surface area contributed by atoms with Crippen LogP contribution in [0.3, 0.4) is 0 Å². The van der Waals surface area contributed by atoms with E-state index in [0.717, 1.165) is 17.8 Å². The molecule has 10 heteroatoms. The summed E-state index contributed by atoms with van der Waals surface area (Å²) in [6.45, 7) is 1.37. The Bertz CT molecular complexity index is 627. The molecule has 3 rings (SSSR count). The number of fused-ring (bicyclic) bond motifs is 2. The molecule has 2 amide bonds. The van der Waals surface area contributed by atoms with Crippen molar-refractivity contribution in [3.05, 3.63) is 41.5 Å². The number of pyridine rings is 1. The molecule has 0 radical (unpaired) electrons. The zero-order chi connectivity index (χ0) is 14.8. The predicted octanol–water partition coefficient (Wildman–Crippen LogP) is -1.99. The first kappa shape index (κ1) is 18.1. The zero-order valence-electron chi connectivity index (χ0n) is 11.2. The number of hydrogen-bond donors (Lipinski definition) is 2. The van der Waals surface area contributed by atoms with Gasteiger partial charge in [-0.3, -0.25) is 18.9 Å². The second kappa shape index (κ2) is 7.34. The average molecular weight is 321 g/mol. The van der Waals surface area contributed by atoms with E-state index in [-0.39, 0.29) is 41.6 Å². The van der Waals surface area contributed by atoms with Crippen LogP contribution in [0.2, 0.25) is 0 Å². The zero-order valence-corrected chi connectivity index (χ0v) is 14.1. The second-order valence-corrected chi connectivity index (χ2v) is 5.11. The summed E-state index contributed by atoms with van der Waals surface area (Å²) in [6.07, 6.45) is 3.81. The fourth-order valence-corrected chi connectivity index (χ4v) is 2.00. The third-order valence-electron chi connectivity index (χ3n) is 2.70. The standard InChI is InChI=1S/C11H11N3O.Na.H2O4S/c15-11-13-9-5-8(6-14(11)7-9)10-3-1-2-4-12-10;;1-5(2,3)4/h1-5,9H,6-7H2,(H,13,15);;(H2,1,2,3,4)/q;+1;/p-1. The number of rotatable bonds is 1. The van der Waals surface area contributed by atoms with Gasteiger partial charge in [-0.1, -0.05) is 12.1 Å². The molecule has 1 aromatic heterocycles. The summed E-state index contributed by atoms with van der Waals surface area (Å²) in [7, 11) is -4.67. The average Bonchev–Trinajstić information content (AvgIpc) is 2.62. The van der Waals surface area contributed by atoms with E-state index in [9.17, 15) is 4.79 Å². The molecule has 3 heterocycles. The molecule has 2 aliphatic rings. The molecule has 0 aliphatic carbocycles. The maximum absolute atomic E-state index is 11.3. The van der Waals surface area contributed by atoms with Gasteiger partial charge >= 0.3 is 40.0 Å². The minimum absolute atomic E-state index is 0. The number of amides is 2. The van der Waals surface area contributed by atoms with Crippen LogP contribution in [-0.2, 0) is 10.4 Å². The Morgan fingerprint density at radius 2 is 2.00 bits per heavy atom. The summed E-state index contributed by atoms with van der Waals surface area (Å²) < 4.78 is 31.6. The van der Waals surface area contributed by atoms with E-state index in [2.05, 4.69) is 10.3 Å². The van der Waals surface area contributed by atoms with Crippen molar-refractivity contribution < 1.29 is 51.9 Å². The number of carbonyl (C=O) groups excluding carboxylic acids is 1. The van der Waals surface area contributed by atoms with Crippen LogP contribution >= 0.6 is 0 Å². The topological polar surface area (TPSA) is 122 Å². The van der Waals surface area contributed by atoms with Gasteiger partial charge in [0.2, 0.25) is 0 Å². The van der Waals surface area contributed by atoms with Gasteiger partial charge in [0.1, 0.15) is 0 Å². The van der Waals surface area contributed by atoms with Crippen LogP contribution in [0.25, 0.3) is 10.9 Å². The Balaban J connectivity index is 0.000000324. The van der Waals surface area contributed by atoms with Gasteiger partial charge in [0.15, 0.2) is 6.03 Å². The van der Waals surface area contributed by atoms with E-state index in [1.54, 1.807) is 11.1 Å². The Hall–Kier alpha value is -0.970. The van der Waals surface area contributed by atoms with Crippen molar-refractivity contribution in [1.82, 2.24) is 9.88 Å². The third-order valence-corrected chi connectivity index (χ3v) is 2.70. The van der Waals surface area contributed by atoms with Crippen molar-refractivity contribution in [3.8, 4) is 0 Å². The quantitative estimate of drug-likeness (QED) is 0.456. The third kappa shape index (κ3) is 5.73. The van der Waals surface area contributed by atoms with Crippen LogP contribution < -0.4 is 29.6 Å². The minimum Gasteiger partial charge on any atom is -0.432 e. The van der Waals surface area contributed by atoms with Crippen LogP contribution in [-0.4, -0.2) is 52.6 Å². The number of nitrogens with zero attached hydrogens (tertiary/aromatic N) is 3. The summed E-state index contributed by atoms with van der Waals surface area (Å²) in [4.78, 5) is 17.4. The molecule has 1 aromatic rings. The maximum Gasteiger partial charge on any atom is 1.00 e. The number of aromatic nitrogens is 1. The van der Waals surface area contributed by atoms with Gasteiger partial charge in [-0.25, -0.2) is 0 Å². The molecule has 2 N–H and O–H groups in total. The van der Waals surface area contributed by atoms with E-state index >= 15 is 0 Å². The summed E-state index contributed by atoms with van der Waals surface area (Å²) >= 11 is 0. The SMILES string of the molecule is O=C1[N-]C2C=C(c3ccccn3)CN1C2.O=S(=O)(O)O.[Na+]. The largest absolute Gasteiger partial charge is 1.00 e. The van der Waals surface area contributed by atoms with E-state index < -0.39 is 10.4 Å². The molecular weight excluding hydrogens is 309 g/mol. The second-order valence-electron chi connectivity index (χ2n) is 4.21. The van der Waals surface area contributed by atoms with E-state index in [1.165, 1.54) is 0 Å². The molecule has 0 aromatic carbocycles. The smallest absolute Gasteiger partial charge is 0.432 e. The summed E-state index contributed by atoms with van der Waals surface area (Å²) in [5.41, 5.74) is 2.04. The van der Waals surface area contributed by atoms with Crippen molar-refractivity contribution in [2.24, 2.45) is 0 Å². The predicted molar refractivity (Wildman–Crippen MR) is 70.5 cm³/mol. The Morgan fingerprint density at radius 1 is 1.33 bits per heavy atom. The van der Waals surface area contributed by atoms with Crippen molar-refractivity contribution in [2.45, 2.75) is 6.04 Å². The molecule has 0 saturated carbocycles. The first-order valence-electron chi connectivity index (χ1n) is 5.64. The fraction of sp³-hybridized carbons (Fsp3) is 0.273. The normalized spacial score (nSPS) is 19.7. The summed E-state index contributed by atoms with van der Waals surface area (Å²) in [6, 6.07) is 5.73. The van der Waals surface area contributed by atoms with Gasteiger partial charge in [0.25, 0.3) is 0 Å². The van der Waals surface area contributed by atoms with Crippen LogP contribution in [0.4, 0.5) is 4.79 Å².